The van der Waals surface area contributed by atoms with Gasteiger partial charge in [0.2, 0.25) is 11.8 Å². The number of urea groups is 1. The van der Waals surface area contributed by atoms with Crippen LogP contribution in [-0.4, -0.2) is 82.3 Å². The fourth-order valence-electron chi connectivity index (χ4n) is 5.38. The number of rotatable bonds is 8. The quantitative estimate of drug-likeness (QED) is 0.379. The Bertz CT molecular complexity index is 1430. The second-order valence-electron chi connectivity index (χ2n) is 11.7. The van der Waals surface area contributed by atoms with E-state index >= 15 is 0 Å². The van der Waals surface area contributed by atoms with E-state index in [-0.39, 0.29) is 55.3 Å². The number of aliphatic hydroxyl groups excluding tert-OH is 1. The molecule has 42 heavy (non-hydrogen) atoms. The molecule has 0 aliphatic carbocycles. The van der Waals surface area contributed by atoms with Crippen molar-refractivity contribution in [2.45, 2.75) is 58.7 Å². The SMILES string of the molecule is CC(C)NC(=O)N(C)C[C@@H]1Oc2ccc(NC(=O)Cc3cn(C)c4ccccc34)cc2CC(=O)N([C@@H](C)CO)C[C@H]1C. The van der Waals surface area contributed by atoms with Crippen molar-refractivity contribution in [3.8, 4) is 5.75 Å². The molecule has 0 saturated heterocycles. The van der Waals surface area contributed by atoms with Gasteiger partial charge in [0.1, 0.15) is 11.9 Å². The molecule has 2 aromatic carbocycles. The number of likely N-dealkylation sites (N-methyl/N-ethyl adjacent to an activating group) is 1. The van der Waals surface area contributed by atoms with Crippen LogP contribution in [0, 0.1) is 5.92 Å². The summed E-state index contributed by atoms with van der Waals surface area (Å²) in [5.74, 6) is 0.0900. The van der Waals surface area contributed by atoms with E-state index in [1.165, 1.54) is 0 Å². The van der Waals surface area contributed by atoms with E-state index in [0.717, 1.165) is 16.5 Å². The second-order valence-corrected chi connectivity index (χ2v) is 11.7. The number of hydrogen-bond donors (Lipinski definition) is 3. The van der Waals surface area contributed by atoms with E-state index in [1.54, 1.807) is 35.0 Å². The number of anilines is 1. The van der Waals surface area contributed by atoms with Crippen LogP contribution in [0.25, 0.3) is 10.9 Å². The molecule has 3 N–H and O–H groups in total. The van der Waals surface area contributed by atoms with Crippen molar-refractivity contribution in [3.05, 3.63) is 59.8 Å². The molecule has 10 heteroatoms. The number of hydrogen-bond acceptors (Lipinski definition) is 5. The molecule has 3 atom stereocenters. The van der Waals surface area contributed by atoms with Gasteiger partial charge in [-0.05, 0) is 50.6 Å². The zero-order valence-corrected chi connectivity index (χ0v) is 25.4. The lowest BCUT2D eigenvalue weighted by atomic mass is 10.0. The van der Waals surface area contributed by atoms with Crippen molar-refractivity contribution in [1.29, 1.82) is 0 Å². The lowest BCUT2D eigenvalue weighted by Crippen LogP contribution is -2.49. The monoisotopic (exact) mass is 577 g/mol. The van der Waals surface area contributed by atoms with Crippen molar-refractivity contribution < 1.29 is 24.2 Å². The summed E-state index contributed by atoms with van der Waals surface area (Å²) >= 11 is 0. The third-order valence-corrected chi connectivity index (χ3v) is 7.74. The molecule has 1 aliphatic rings. The Morgan fingerprint density at radius 3 is 2.62 bits per heavy atom. The predicted octanol–water partition coefficient (Wildman–Crippen LogP) is 3.56. The molecule has 1 aromatic heterocycles. The van der Waals surface area contributed by atoms with Gasteiger partial charge in [-0.2, -0.15) is 0 Å². The molecule has 226 valence electrons. The first-order valence-corrected chi connectivity index (χ1v) is 14.5. The number of para-hydroxylation sites is 1. The Kier molecular flexibility index (Phi) is 9.78. The summed E-state index contributed by atoms with van der Waals surface area (Å²) in [5, 5.41) is 16.8. The van der Waals surface area contributed by atoms with Crippen LogP contribution in [0.4, 0.5) is 10.5 Å². The molecule has 0 spiro atoms. The summed E-state index contributed by atoms with van der Waals surface area (Å²) in [7, 11) is 3.68. The Morgan fingerprint density at radius 2 is 1.90 bits per heavy atom. The highest BCUT2D eigenvalue weighted by Crippen LogP contribution is 2.29. The van der Waals surface area contributed by atoms with Crippen molar-refractivity contribution in [2.75, 3.05) is 32.1 Å². The molecule has 3 aromatic rings. The number of aromatic nitrogens is 1. The molecular formula is C32H43N5O5. The maximum Gasteiger partial charge on any atom is 0.317 e. The lowest BCUT2D eigenvalue weighted by molar-refractivity contribution is -0.134. The number of fused-ring (bicyclic) bond motifs is 2. The molecule has 0 saturated carbocycles. The smallest absolute Gasteiger partial charge is 0.317 e. The third kappa shape index (κ3) is 7.23. The average Bonchev–Trinajstić information content (AvgIpc) is 3.27. The van der Waals surface area contributed by atoms with Gasteiger partial charge < -0.3 is 34.8 Å². The van der Waals surface area contributed by atoms with Crippen LogP contribution in [-0.2, 0) is 29.5 Å². The van der Waals surface area contributed by atoms with Gasteiger partial charge in [0.25, 0.3) is 0 Å². The molecule has 0 unspecified atom stereocenters. The van der Waals surface area contributed by atoms with Crippen LogP contribution in [0.15, 0.2) is 48.7 Å². The fourth-order valence-corrected chi connectivity index (χ4v) is 5.38. The van der Waals surface area contributed by atoms with Gasteiger partial charge in [0, 0.05) is 61.0 Å². The molecule has 2 heterocycles. The number of amides is 4. The summed E-state index contributed by atoms with van der Waals surface area (Å²) < 4.78 is 8.50. The van der Waals surface area contributed by atoms with Crippen LogP contribution in [0.2, 0.25) is 0 Å². The molecule has 1 aliphatic heterocycles. The van der Waals surface area contributed by atoms with Gasteiger partial charge >= 0.3 is 6.03 Å². The van der Waals surface area contributed by atoms with E-state index in [1.807, 2.05) is 69.8 Å². The van der Waals surface area contributed by atoms with Crippen molar-refractivity contribution in [1.82, 2.24) is 19.7 Å². The van der Waals surface area contributed by atoms with Crippen LogP contribution < -0.4 is 15.4 Å². The van der Waals surface area contributed by atoms with Crippen molar-refractivity contribution >= 4 is 34.4 Å². The number of benzene rings is 2. The summed E-state index contributed by atoms with van der Waals surface area (Å²) in [6.07, 6.45) is 1.81. The van der Waals surface area contributed by atoms with Crippen LogP contribution >= 0.6 is 0 Å². The molecule has 10 nitrogen and oxygen atoms in total. The number of nitrogens with one attached hydrogen (secondary N) is 2. The number of aliphatic hydroxyl groups is 1. The minimum atomic E-state index is -0.419. The third-order valence-electron chi connectivity index (χ3n) is 7.74. The number of carbonyl (C=O) groups is 3. The first kappa shape index (κ1) is 30.9. The zero-order chi connectivity index (χ0) is 30.6. The Morgan fingerprint density at radius 1 is 1.17 bits per heavy atom. The number of nitrogens with zero attached hydrogens (tertiary/aromatic N) is 3. The molecule has 4 amide bonds. The van der Waals surface area contributed by atoms with E-state index < -0.39 is 6.10 Å². The zero-order valence-electron chi connectivity index (χ0n) is 25.4. The van der Waals surface area contributed by atoms with E-state index in [2.05, 4.69) is 10.6 Å². The molecular weight excluding hydrogens is 534 g/mol. The van der Waals surface area contributed by atoms with Crippen LogP contribution in [0.3, 0.4) is 0 Å². The van der Waals surface area contributed by atoms with Crippen molar-refractivity contribution in [2.24, 2.45) is 13.0 Å². The Hall–Kier alpha value is -4.05. The Labute approximate surface area is 247 Å². The first-order valence-electron chi connectivity index (χ1n) is 14.5. The van der Waals surface area contributed by atoms with Gasteiger partial charge in [-0.3, -0.25) is 9.59 Å². The highest BCUT2D eigenvalue weighted by atomic mass is 16.5. The predicted molar refractivity (Wildman–Crippen MR) is 164 cm³/mol. The van der Waals surface area contributed by atoms with Crippen molar-refractivity contribution in [3.63, 3.8) is 0 Å². The topological polar surface area (TPSA) is 116 Å². The van der Waals surface area contributed by atoms with Gasteiger partial charge in [-0.15, -0.1) is 0 Å². The van der Waals surface area contributed by atoms with Crippen LogP contribution in [0.5, 0.6) is 5.75 Å². The largest absolute Gasteiger partial charge is 0.488 e. The van der Waals surface area contributed by atoms with E-state index in [4.69, 9.17) is 4.74 Å². The molecule has 0 fully saturated rings. The maximum absolute atomic E-state index is 13.5. The summed E-state index contributed by atoms with van der Waals surface area (Å²) in [6.45, 7) is 8.10. The normalized spacial score (nSPS) is 18.0. The maximum atomic E-state index is 13.5. The van der Waals surface area contributed by atoms with Gasteiger partial charge in [-0.25, -0.2) is 4.79 Å². The average molecular weight is 578 g/mol. The summed E-state index contributed by atoms with van der Waals surface area (Å²) in [4.78, 5) is 42.5. The first-order chi connectivity index (χ1) is 20.0. The number of carbonyl (C=O) groups excluding carboxylic acids is 3. The highest BCUT2D eigenvalue weighted by molar-refractivity contribution is 5.96. The fraction of sp³-hybridized carbons (Fsp3) is 0.469. The van der Waals surface area contributed by atoms with Crippen LogP contribution in [0.1, 0.15) is 38.8 Å². The minimum Gasteiger partial charge on any atom is -0.488 e. The second kappa shape index (κ2) is 13.3. The Balaban J connectivity index is 1.58. The molecule has 4 rings (SSSR count). The standard InChI is InChI=1S/C32H43N5O5/c1-20(2)33-32(41)36(6)18-29-21(3)16-37(22(4)19-38)31(40)15-23-13-25(11-12-28(23)42-29)34-30(39)14-24-17-35(5)27-10-8-7-9-26(24)27/h7-13,17,20-22,29,38H,14-16,18-19H2,1-6H3,(H,33,41)(H,34,39)/t21-,22+,29+/m1/s1. The molecule has 0 radical (unpaired) electrons. The number of ether oxygens (including phenoxy) is 1. The van der Waals surface area contributed by atoms with Gasteiger partial charge in [-0.1, -0.05) is 25.1 Å². The highest BCUT2D eigenvalue weighted by Gasteiger charge is 2.32. The number of aryl methyl sites for hydroxylation is 1. The van der Waals surface area contributed by atoms with Gasteiger partial charge in [0.15, 0.2) is 0 Å². The van der Waals surface area contributed by atoms with Gasteiger partial charge in [0.05, 0.1) is 32.0 Å². The summed E-state index contributed by atoms with van der Waals surface area (Å²) in [6, 6.07) is 12.7. The van der Waals surface area contributed by atoms with E-state index in [9.17, 15) is 19.5 Å². The summed E-state index contributed by atoms with van der Waals surface area (Å²) in [5.41, 5.74) is 3.19. The molecule has 0 bridgehead atoms. The van der Waals surface area contributed by atoms with E-state index in [0.29, 0.717) is 30.1 Å². The minimum absolute atomic E-state index is 0.00712. The lowest BCUT2D eigenvalue weighted by Gasteiger charge is -2.34.